The van der Waals surface area contributed by atoms with Gasteiger partial charge in [0.1, 0.15) is 5.82 Å². The molecule has 20 heavy (non-hydrogen) atoms. The fourth-order valence-electron chi connectivity index (χ4n) is 3.31. The van der Waals surface area contributed by atoms with E-state index >= 15 is 0 Å². The number of hydrogen-bond acceptors (Lipinski definition) is 2. The van der Waals surface area contributed by atoms with Gasteiger partial charge in [-0.2, -0.15) is 0 Å². The quantitative estimate of drug-likeness (QED) is 0.864. The summed E-state index contributed by atoms with van der Waals surface area (Å²) in [6.45, 7) is 3.49. The van der Waals surface area contributed by atoms with Crippen molar-refractivity contribution in [2.45, 2.75) is 19.3 Å². The largest absolute Gasteiger partial charge is 0.338 e. The Kier molecular flexibility index (Phi) is 3.69. The molecule has 0 bridgehead atoms. The predicted molar refractivity (Wildman–Crippen MR) is 76.5 cm³/mol. The van der Waals surface area contributed by atoms with Crippen molar-refractivity contribution in [2.24, 2.45) is 5.41 Å². The fraction of sp³-hybridized carbons (Fsp3) is 0.533. The molecule has 2 aliphatic heterocycles. The maximum absolute atomic E-state index is 13.8. The lowest BCUT2D eigenvalue weighted by molar-refractivity contribution is 0.0757. The highest BCUT2D eigenvalue weighted by molar-refractivity contribution is 6.30. The molecule has 2 saturated heterocycles. The second-order valence-corrected chi connectivity index (χ2v) is 6.29. The summed E-state index contributed by atoms with van der Waals surface area (Å²) in [5, 5.41) is 3.66. The summed E-state index contributed by atoms with van der Waals surface area (Å²) in [4.78, 5) is 14.2. The van der Waals surface area contributed by atoms with Crippen LogP contribution in [0.1, 0.15) is 29.6 Å². The summed E-state index contributed by atoms with van der Waals surface area (Å²) in [6, 6.07) is 4.24. The lowest BCUT2D eigenvalue weighted by atomic mass is 9.78. The number of benzene rings is 1. The summed E-state index contributed by atoms with van der Waals surface area (Å²) in [5.41, 5.74) is 0.365. The topological polar surface area (TPSA) is 32.3 Å². The van der Waals surface area contributed by atoms with Gasteiger partial charge in [-0.1, -0.05) is 11.6 Å². The molecule has 3 nitrogen and oxygen atoms in total. The van der Waals surface area contributed by atoms with Crippen molar-refractivity contribution in [1.82, 2.24) is 10.2 Å². The Bertz CT molecular complexity index is 529. The van der Waals surface area contributed by atoms with E-state index in [0.29, 0.717) is 5.02 Å². The third-order valence-corrected chi connectivity index (χ3v) is 4.79. The minimum absolute atomic E-state index is 0.125. The van der Waals surface area contributed by atoms with E-state index in [1.807, 2.05) is 0 Å². The molecule has 0 saturated carbocycles. The number of nitrogens with zero attached hydrogens (tertiary/aromatic N) is 1. The molecule has 0 atom stereocenters. The Morgan fingerprint density at radius 3 is 2.75 bits per heavy atom. The Hall–Kier alpha value is -1.13. The summed E-state index contributed by atoms with van der Waals surface area (Å²) >= 11 is 5.73. The van der Waals surface area contributed by atoms with Crippen LogP contribution in [0.2, 0.25) is 5.02 Å². The van der Waals surface area contributed by atoms with Crippen molar-refractivity contribution >= 4 is 17.5 Å². The number of hydrogen-bond donors (Lipinski definition) is 1. The second-order valence-electron chi connectivity index (χ2n) is 5.85. The van der Waals surface area contributed by atoms with Gasteiger partial charge in [0.05, 0.1) is 5.56 Å². The van der Waals surface area contributed by atoms with Crippen LogP contribution in [0.3, 0.4) is 0 Å². The van der Waals surface area contributed by atoms with Gasteiger partial charge in [-0.05, 0) is 56.0 Å². The van der Waals surface area contributed by atoms with Crippen molar-refractivity contribution in [3.63, 3.8) is 0 Å². The number of likely N-dealkylation sites (tertiary alicyclic amines) is 1. The van der Waals surface area contributed by atoms with Gasteiger partial charge in [-0.3, -0.25) is 4.79 Å². The van der Waals surface area contributed by atoms with Crippen LogP contribution < -0.4 is 5.32 Å². The van der Waals surface area contributed by atoms with E-state index in [1.165, 1.54) is 12.1 Å². The molecule has 0 aromatic heterocycles. The van der Waals surface area contributed by atoms with Crippen LogP contribution >= 0.6 is 11.6 Å². The maximum Gasteiger partial charge on any atom is 0.256 e. The molecule has 0 unspecified atom stereocenters. The first-order valence-corrected chi connectivity index (χ1v) is 7.43. The van der Waals surface area contributed by atoms with Gasteiger partial charge in [0.25, 0.3) is 5.91 Å². The standard InChI is InChI=1S/C15H18ClFN2O/c16-11-1-2-12(13(17)9-11)14(20)19-8-5-15(10-19)3-6-18-7-4-15/h1-2,9,18H,3-8,10H2. The van der Waals surface area contributed by atoms with E-state index in [-0.39, 0.29) is 16.9 Å². The number of carbonyl (C=O) groups is 1. The smallest absolute Gasteiger partial charge is 0.256 e. The van der Waals surface area contributed by atoms with Crippen LogP contribution in [-0.4, -0.2) is 37.0 Å². The van der Waals surface area contributed by atoms with Gasteiger partial charge in [0, 0.05) is 18.1 Å². The SMILES string of the molecule is O=C(c1ccc(Cl)cc1F)N1CCC2(CCNCC2)C1. The number of rotatable bonds is 1. The van der Waals surface area contributed by atoms with E-state index < -0.39 is 5.82 Å². The highest BCUT2D eigenvalue weighted by Gasteiger charge is 2.40. The van der Waals surface area contributed by atoms with Crippen molar-refractivity contribution < 1.29 is 9.18 Å². The monoisotopic (exact) mass is 296 g/mol. The number of amides is 1. The van der Waals surface area contributed by atoms with E-state index in [2.05, 4.69) is 5.32 Å². The van der Waals surface area contributed by atoms with Crippen molar-refractivity contribution in [3.05, 3.63) is 34.6 Å². The molecule has 1 amide bonds. The summed E-state index contributed by atoms with van der Waals surface area (Å²) in [7, 11) is 0. The Labute approximate surface area is 123 Å². The zero-order valence-corrected chi connectivity index (χ0v) is 12.0. The van der Waals surface area contributed by atoms with Gasteiger partial charge in [-0.15, -0.1) is 0 Å². The van der Waals surface area contributed by atoms with Crippen LogP contribution in [-0.2, 0) is 0 Å². The average molecular weight is 297 g/mol. The van der Waals surface area contributed by atoms with Gasteiger partial charge >= 0.3 is 0 Å². The van der Waals surface area contributed by atoms with Gasteiger partial charge < -0.3 is 10.2 Å². The molecule has 2 fully saturated rings. The Morgan fingerprint density at radius 2 is 2.05 bits per heavy atom. The average Bonchev–Trinajstić information content (AvgIpc) is 2.83. The minimum Gasteiger partial charge on any atom is -0.338 e. The fourth-order valence-corrected chi connectivity index (χ4v) is 3.47. The molecule has 3 rings (SSSR count). The molecule has 0 aliphatic carbocycles. The summed E-state index contributed by atoms with van der Waals surface area (Å²) in [6.07, 6.45) is 3.22. The minimum atomic E-state index is -0.534. The van der Waals surface area contributed by atoms with Crippen LogP contribution in [0, 0.1) is 11.2 Å². The number of carbonyl (C=O) groups excluding carboxylic acids is 1. The van der Waals surface area contributed by atoms with E-state index in [4.69, 9.17) is 11.6 Å². The van der Waals surface area contributed by atoms with Crippen LogP contribution in [0.25, 0.3) is 0 Å². The lowest BCUT2D eigenvalue weighted by Gasteiger charge is -2.33. The zero-order valence-electron chi connectivity index (χ0n) is 11.3. The number of nitrogens with one attached hydrogen (secondary N) is 1. The van der Waals surface area contributed by atoms with E-state index in [1.54, 1.807) is 11.0 Å². The Morgan fingerprint density at radius 1 is 1.30 bits per heavy atom. The highest BCUT2D eigenvalue weighted by atomic mass is 35.5. The van der Waals surface area contributed by atoms with E-state index in [9.17, 15) is 9.18 Å². The van der Waals surface area contributed by atoms with Crippen LogP contribution in [0.5, 0.6) is 0 Å². The van der Waals surface area contributed by atoms with E-state index in [0.717, 1.165) is 45.4 Å². The molecule has 0 radical (unpaired) electrons. The third kappa shape index (κ3) is 2.54. The zero-order chi connectivity index (χ0) is 14.2. The third-order valence-electron chi connectivity index (χ3n) is 4.55. The molecule has 2 aliphatic rings. The molecule has 108 valence electrons. The normalized spacial score (nSPS) is 21.4. The maximum atomic E-state index is 13.8. The van der Waals surface area contributed by atoms with Crippen molar-refractivity contribution in [2.75, 3.05) is 26.2 Å². The van der Waals surface area contributed by atoms with Crippen molar-refractivity contribution in [3.8, 4) is 0 Å². The molecule has 1 aromatic carbocycles. The van der Waals surface area contributed by atoms with Crippen LogP contribution in [0.4, 0.5) is 4.39 Å². The molecule has 1 spiro atoms. The van der Waals surface area contributed by atoms with Crippen molar-refractivity contribution in [1.29, 1.82) is 0 Å². The Balaban J connectivity index is 1.75. The van der Waals surface area contributed by atoms with Gasteiger partial charge in [0.15, 0.2) is 0 Å². The first-order chi connectivity index (χ1) is 9.60. The van der Waals surface area contributed by atoms with Gasteiger partial charge in [-0.25, -0.2) is 4.39 Å². The highest BCUT2D eigenvalue weighted by Crippen LogP contribution is 2.39. The molecule has 1 N–H and O–H groups in total. The molecular formula is C15H18ClFN2O. The molecule has 1 aromatic rings. The molecule has 2 heterocycles. The van der Waals surface area contributed by atoms with Gasteiger partial charge in [0.2, 0.25) is 0 Å². The first kappa shape index (κ1) is 13.8. The number of piperidine rings is 1. The summed E-state index contributed by atoms with van der Waals surface area (Å²) in [5.74, 6) is -0.747. The second kappa shape index (κ2) is 5.34. The number of halogens is 2. The van der Waals surface area contributed by atoms with Crippen LogP contribution in [0.15, 0.2) is 18.2 Å². The first-order valence-electron chi connectivity index (χ1n) is 7.05. The molecular weight excluding hydrogens is 279 g/mol. The molecule has 5 heteroatoms. The predicted octanol–water partition coefficient (Wildman–Crippen LogP) is 2.69. The lowest BCUT2D eigenvalue weighted by Crippen LogP contribution is -2.39. The summed E-state index contributed by atoms with van der Waals surface area (Å²) < 4.78 is 13.8.